The van der Waals surface area contributed by atoms with E-state index in [0.29, 0.717) is 6.08 Å². The highest BCUT2D eigenvalue weighted by Crippen LogP contribution is 2.21. The third-order valence-corrected chi connectivity index (χ3v) is 4.49. The number of nitrogens with one attached hydrogen (secondary N) is 2. The molecule has 3 N–H and O–H groups in total. The summed E-state index contributed by atoms with van der Waals surface area (Å²) in [6.07, 6.45) is 1.52. The Labute approximate surface area is 160 Å². The highest BCUT2D eigenvalue weighted by atomic mass is 32.2. The van der Waals surface area contributed by atoms with Crippen molar-refractivity contribution in [3.63, 3.8) is 0 Å². The molecule has 2 rings (SSSR count). The second-order valence-corrected chi connectivity index (χ2v) is 6.76. The molecule has 0 radical (unpaired) electrons. The maximum absolute atomic E-state index is 12.5. The molecule has 0 unspecified atom stereocenters. The van der Waals surface area contributed by atoms with Crippen LogP contribution in [0.3, 0.4) is 0 Å². The summed E-state index contributed by atoms with van der Waals surface area (Å²) >= 11 is 0. The van der Waals surface area contributed by atoms with E-state index in [1.807, 2.05) is 0 Å². The first-order valence-corrected chi connectivity index (χ1v) is 9.04. The van der Waals surface area contributed by atoms with E-state index in [0.717, 1.165) is 6.08 Å². The van der Waals surface area contributed by atoms with E-state index >= 15 is 0 Å². The van der Waals surface area contributed by atoms with E-state index in [9.17, 15) is 18.0 Å². The van der Waals surface area contributed by atoms with Crippen molar-refractivity contribution < 1.29 is 32.6 Å². The smallest absolute Gasteiger partial charge is 0.328 e. The standard InChI is InChI=1S/C16H16N4O7S/c1-26-14-9-12(18-16(19-14)27-2)20-28(24,25)11-5-3-10(4-6-11)17-13(21)7-8-15(22)23/h3-9H,1-2H3,(H,17,21)(H,22,23)(H,18,19,20)/b8-7-. The summed E-state index contributed by atoms with van der Waals surface area (Å²) in [6, 6.07) is 6.42. The Morgan fingerprint density at radius 1 is 1.07 bits per heavy atom. The van der Waals surface area contributed by atoms with Crippen LogP contribution in [0.15, 0.2) is 47.4 Å². The number of sulfonamides is 1. The molecule has 148 valence electrons. The number of methoxy groups -OCH3 is 2. The second-order valence-electron chi connectivity index (χ2n) is 5.07. The van der Waals surface area contributed by atoms with Crippen LogP contribution in [0.25, 0.3) is 0 Å². The van der Waals surface area contributed by atoms with E-state index in [2.05, 4.69) is 20.0 Å². The van der Waals surface area contributed by atoms with E-state index in [1.54, 1.807) is 0 Å². The molecule has 1 aromatic carbocycles. The number of hydrogen-bond donors (Lipinski definition) is 3. The number of aromatic nitrogens is 2. The third kappa shape index (κ3) is 5.67. The Balaban J connectivity index is 2.16. The Morgan fingerprint density at radius 3 is 2.32 bits per heavy atom. The lowest BCUT2D eigenvalue weighted by atomic mass is 10.3. The minimum atomic E-state index is -3.99. The summed E-state index contributed by atoms with van der Waals surface area (Å²) in [4.78, 5) is 29.6. The van der Waals surface area contributed by atoms with Crippen molar-refractivity contribution in [1.82, 2.24) is 9.97 Å². The van der Waals surface area contributed by atoms with Gasteiger partial charge in [0.1, 0.15) is 0 Å². The summed E-state index contributed by atoms with van der Waals surface area (Å²) < 4.78 is 37.1. The molecule has 0 bridgehead atoms. The van der Waals surface area contributed by atoms with Gasteiger partial charge in [-0.15, -0.1) is 0 Å². The number of hydrogen-bond acceptors (Lipinski definition) is 8. The molecule has 0 fully saturated rings. The molecule has 0 atom stereocenters. The first-order chi connectivity index (χ1) is 13.2. The zero-order valence-electron chi connectivity index (χ0n) is 14.7. The van der Waals surface area contributed by atoms with E-state index in [-0.39, 0.29) is 28.3 Å². The van der Waals surface area contributed by atoms with Crippen molar-refractivity contribution in [2.75, 3.05) is 24.3 Å². The number of carboxylic acid groups (broad SMARTS) is 1. The zero-order valence-corrected chi connectivity index (χ0v) is 15.6. The average molecular weight is 408 g/mol. The topological polar surface area (TPSA) is 157 Å². The van der Waals surface area contributed by atoms with Crippen LogP contribution >= 0.6 is 0 Å². The maximum atomic E-state index is 12.5. The van der Waals surface area contributed by atoms with Gasteiger partial charge in [-0.2, -0.15) is 9.97 Å². The molecule has 0 aliphatic carbocycles. The Bertz CT molecular complexity index is 982. The zero-order chi connectivity index (χ0) is 20.7. The van der Waals surface area contributed by atoms with Crippen LogP contribution in [0.1, 0.15) is 0 Å². The van der Waals surface area contributed by atoms with Gasteiger partial charge in [0.15, 0.2) is 5.82 Å². The summed E-state index contributed by atoms with van der Waals surface area (Å²) in [5, 5.41) is 10.9. The van der Waals surface area contributed by atoms with Crippen LogP contribution in [0.2, 0.25) is 0 Å². The monoisotopic (exact) mass is 408 g/mol. The molecule has 0 aliphatic rings. The molecule has 1 amide bonds. The average Bonchev–Trinajstić information content (AvgIpc) is 2.66. The summed E-state index contributed by atoms with van der Waals surface area (Å²) in [7, 11) is -1.30. The number of anilines is 2. The molecule has 1 heterocycles. The number of ether oxygens (including phenoxy) is 2. The number of carbonyl (C=O) groups excluding carboxylic acids is 1. The van der Waals surface area contributed by atoms with E-state index in [1.165, 1.54) is 44.6 Å². The number of aliphatic carboxylic acids is 1. The molecule has 28 heavy (non-hydrogen) atoms. The third-order valence-electron chi connectivity index (χ3n) is 3.12. The van der Waals surface area contributed by atoms with Crippen molar-refractivity contribution in [3.05, 3.63) is 42.5 Å². The lowest BCUT2D eigenvalue weighted by Gasteiger charge is -2.10. The fraction of sp³-hybridized carbons (Fsp3) is 0.125. The molecule has 12 heteroatoms. The highest BCUT2D eigenvalue weighted by molar-refractivity contribution is 7.92. The molecule has 1 aromatic heterocycles. The fourth-order valence-electron chi connectivity index (χ4n) is 1.90. The molecule has 11 nitrogen and oxygen atoms in total. The minimum absolute atomic E-state index is 0.0557. The van der Waals surface area contributed by atoms with Gasteiger partial charge in [-0.3, -0.25) is 9.52 Å². The summed E-state index contributed by atoms with van der Waals surface area (Å²) in [5.41, 5.74) is 0.282. The van der Waals surface area contributed by atoms with Crippen LogP contribution in [0, 0.1) is 0 Å². The van der Waals surface area contributed by atoms with Gasteiger partial charge in [0.05, 0.1) is 19.1 Å². The molecule has 0 saturated carbocycles. The molecule has 0 saturated heterocycles. The van der Waals surface area contributed by atoms with Gasteiger partial charge in [0, 0.05) is 23.9 Å². The minimum Gasteiger partial charge on any atom is -0.481 e. The lowest BCUT2D eigenvalue weighted by molar-refractivity contribution is -0.131. The van der Waals surface area contributed by atoms with Gasteiger partial charge in [-0.1, -0.05) is 0 Å². The molecule has 2 aromatic rings. The summed E-state index contributed by atoms with van der Waals surface area (Å²) in [5.74, 6) is -1.88. The fourth-order valence-corrected chi connectivity index (χ4v) is 2.89. The predicted molar refractivity (Wildman–Crippen MR) is 97.8 cm³/mol. The highest BCUT2D eigenvalue weighted by Gasteiger charge is 2.17. The maximum Gasteiger partial charge on any atom is 0.328 e. The van der Waals surface area contributed by atoms with Gasteiger partial charge in [-0.05, 0) is 24.3 Å². The Kier molecular flexibility index (Phi) is 6.50. The first kappa shape index (κ1) is 20.6. The van der Waals surface area contributed by atoms with Crippen molar-refractivity contribution >= 4 is 33.4 Å². The molecular weight excluding hydrogens is 392 g/mol. The number of carboxylic acids is 1. The SMILES string of the molecule is COc1cc(NS(=O)(=O)c2ccc(NC(=O)/C=C\C(=O)O)cc2)nc(OC)n1. The van der Waals surface area contributed by atoms with Crippen LogP contribution < -0.4 is 19.5 Å². The Hall–Kier alpha value is -3.67. The Morgan fingerprint density at radius 2 is 1.75 bits per heavy atom. The van der Waals surface area contributed by atoms with Gasteiger partial charge in [-0.25, -0.2) is 13.2 Å². The van der Waals surface area contributed by atoms with Crippen LogP contribution in [-0.4, -0.2) is 49.6 Å². The lowest BCUT2D eigenvalue weighted by Crippen LogP contribution is -2.15. The number of carbonyl (C=O) groups is 2. The van der Waals surface area contributed by atoms with Crippen molar-refractivity contribution in [3.8, 4) is 11.9 Å². The molecule has 0 spiro atoms. The number of amides is 1. The van der Waals surface area contributed by atoms with Crippen LogP contribution in [0.5, 0.6) is 11.9 Å². The van der Waals surface area contributed by atoms with Gasteiger partial charge < -0.3 is 19.9 Å². The van der Waals surface area contributed by atoms with Crippen molar-refractivity contribution in [1.29, 1.82) is 0 Å². The summed E-state index contributed by atoms with van der Waals surface area (Å²) in [6.45, 7) is 0. The number of rotatable bonds is 8. The molecular formula is C16H16N4O7S. The van der Waals surface area contributed by atoms with Gasteiger partial charge >= 0.3 is 12.0 Å². The largest absolute Gasteiger partial charge is 0.481 e. The first-order valence-electron chi connectivity index (χ1n) is 7.55. The normalized spacial score (nSPS) is 11.1. The number of nitrogens with zero attached hydrogens (tertiary/aromatic N) is 2. The van der Waals surface area contributed by atoms with Crippen molar-refractivity contribution in [2.24, 2.45) is 0 Å². The van der Waals surface area contributed by atoms with Crippen LogP contribution in [0.4, 0.5) is 11.5 Å². The van der Waals surface area contributed by atoms with E-state index in [4.69, 9.17) is 14.6 Å². The quantitative estimate of drug-likeness (QED) is 0.539. The predicted octanol–water partition coefficient (Wildman–Crippen LogP) is 0.874. The van der Waals surface area contributed by atoms with Gasteiger partial charge in [0.2, 0.25) is 11.8 Å². The van der Waals surface area contributed by atoms with Gasteiger partial charge in [0.25, 0.3) is 10.0 Å². The second kappa shape index (κ2) is 8.81. The number of benzene rings is 1. The van der Waals surface area contributed by atoms with E-state index < -0.39 is 21.9 Å². The van der Waals surface area contributed by atoms with Crippen LogP contribution in [-0.2, 0) is 19.6 Å². The molecule has 0 aliphatic heterocycles. The van der Waals surface area contributed by atoms with Crippen molar-refractivity contribution in [2.45, 2.75) is 4.90 Å².